The summed E-state index contributed by atoms with van der Waals surface area (Å²) in [6.07, 6.45) is 5.49. The molecule has 0 spiro atoms. The first kappa shape index (κ1) is 19.9. The van der Waals surface area contributed by atoms with E-state index in [1.54, 1.807) is 0 Å². The quantitative estimate of drug-likeness (QED) is 0.360. The zero-order valence-corrected chi connectivity index (χ0v) is 18.7. The summed E-state index contributed by atoms with van der Waals surface area (Å²) in [7, 11) is 0. The number of nitrogens with two attached hydrogens (primary N) is 1. The van der Waals surface area contributed by atoms with Crippen molar-refractivity contribution in [3.05, 3.63) is 102 Å². The van der Waals surface area contributed by atoms with E-state index in [-0.39, 0.29) is 5.54 Å². The molecule has 0 unspecified atom stereocenters. The molecule has 1 aliphatic rings. The minimum absolute atomic E-state index is 0.164. The summed E-state index contributed by atoms with van der Waals surface area (Å²) in [6.45, 7) is 2.10. The number of hydrogen-bond acceptors (Lipinski definition) is 3. The van der Waals surface area contributed by atoms with Gasteiger partial charge in [0.05, 0.1) is 11.4 Å². The van der Waals surface area contributed by atoms with E-state index in [1.165, 1.54) is 12.0 Å². The summed E-state index contributed by atoms with van der Waals surface area (Å²) < 4.78 is 2.10. The maximum Gasteiger partial charge on any atom is 0.235 e. The average molecular weight is 431 g/mol. The lowest BCUT2D eigenvalue weighted by molar-refractivity contribution is 0.253. The summed E-state index contributed by atoms with van der Waals surface area (Å²) in [5.74, 6) is 0.708. The minimum atomic E-state index is -0.164. The van der Waals surface area contributed by atoms with Gasteiger partial charge in [-0.15, -0.1) is 0 Å². The molecule has 4 nitrogen and oxygen atoms in total. The highest BCUT2D eigenvalue weighted by Crippen LogP contribution is 2.40. The highest BCUT2D eigenvalue weighted by molar-refractivity contribution is 5.82. The van der Waals surface area contributed by atoms with Crippen LogP contribution in [0.15, 0.2) is 91.1 Å². The molecule has 0 aliphatic heterocycles. The number of rotatable bonds is 4. The van der Waals surface area contributed by atoms with Crippen molar-refractivity contribution < 1.29 is 0 Å². The molecule has 4 heteroatoms. The van der Waals surface area contributed by atoms with Gasteiger partial charge in [0, 0.05) is 34.1 Å². The Bertz CT molecular complexity index is 1430. The van der Waals surface area contributed by atoms with Crippen LogP contribution in [-0.2, 0) is 5.54 Å². The minimum Gasteiger partial charge on any atom is -0.321 e. The second-order valence-corrected chi connectivity index (χ2v) is 9.04. The molecule has 0 radical (unpaired) electrons. The summed E-state index contributed by atoms with van der Waals surface area (Å²) >= 11 is 0. The summed E-state index contributed by atoms with van der Waals surface area (Å²) in [5.41, 5.74) is 15.0. The van der Waals surface area contributed by atoms with Gasteiger partial charge in [0.25, 0.3) is 0 Å². The van der Waals surface area contributed by atoms with Crippen molar-refractivity contribution in [2.45, 2.75) is 31.7 Å². The van der Waals surface area contributed by atoms with Gasteiger partial charge in [0.15, 0.2) is 0 Å². The third kappa shape index (κ3) is 3.35. The molecule has 3 aromatic carbocycles. The SMILES string of the molecule is Cc1c(-c2ccccc2)nc2nc(-c3ccc(C4(N)CCC4)cc3)c(-c3ccccc3)cn12. The lowest BCUT2D eigenvalue weighted by atomic mass is 9.72. The molecule has 2 heterocycles. The van der Waals surface area contributed by atoms with Gasteiger partial charge >= 0.3 is 0 Å². The summed E-state index contributed by atoms with van der Waals surface area (Å²) in [6, 6.07) is 29.4. The predicted molar refractivity (Wildman–Crippen MR) is 134 cm³/mol. The highest BCUT2D eigenvalue weighted by atomic mass is 15.1. The fraction of sp³-hybridized carbons (Fsp3) is 0.172. The van der Waals surface area contributed by atoms with Crippen LogP contribution in [0, 0.1) is 6.92 Å². The molecule has 2 aromatic heterocycles. The van der Waals surface area contributed by atoms with Gasteiger partial charge in [-0.2, -0.15) is 0 Å². The van der Waals surface area contributed by atoms with Crippen molar-refractivity contribution in [3.63, 3.8) is 0 Å². The van der Waals surface area contributed by atoms with Crippen molar-refractivity contribution in [2.24, 2.45) is 5.73 Å². The summed E-state index contributed by atoms with van der Waals surface area (Å²) in [5, 5.41) is 0. The molecule has 1 saturated carbocycles. The second kappa shape index (κ2) is 7.68. The van der Waals surface area contributed by atoms with E-state index in [9.17, 15) is 0 Å². The van der Waals surface area contributed by atoms with Crippen LogP contribution in [0.3, 0.4) is 0 Å². The molecular formula is C29H26N4. The van der Waals surface area contributed by atoms with Gasteiger partial charge in [0.2, 0.25) is 5.78 Å². The van der Waals surface area contributed by atoms with Crippen LogP contribution >= 0.6 is 0 Å². The van der Waals surface area contributed by atoms with Crippen LogP contribution in [-0.4, -0.2) is 14.4 Å². The number of nitrogens with zero attached hydrogens (tertiary/aromatic N) is 3. The van der Waals surface area contributed by atoms with Gasteiger partial charge in [-0.3, -0.25) is 4.40 Å². The molecule has 6 rings (SSSR count). The fourth-order valence-electron chi connectivity index (χ4n) is 4.81. The smallest absolute Gasteiger partial charge is 0.235 e. The van der Waals surface area contributed by atoms with Crippen molar-refractivity contribution in [1.82, 2.24) is 14.4 Å². The molecule has 0 bridgehead atoms. The predicted octanol–water partition coefficient (Wildman–Crippen LogP) is 6.38. The normalized spacial score (nSPS) is 14.8. The molecule has 162 valence electrons. The first-order chi connectivity index (χ1) is 16.1. The number of benzene rings is 3. The Kier molecular flexibility index (Phi) is 4.63. The van der Waals surface area contributed by atoms with Crippen LogP contribution in [0.4, 0.5) is 0 Å². The van der Waals surface area contributed by atoms with Crippen molar-refractivity contribution in [3.8, 4) is 33.6 Å². The molecule has 0 amide bonds. The van der Waals surface area contributed by atoms with E-state index in [0.29, 0.717) is 5.78 Å². The summed E-state index contributed by atoms with van der Waals surface area (Å²) in [4.78, 5) is 9.99. The van der Waals surface area contributed by atoms with E-state index in [1.807, 2.05) is 24.3 Å². The second-order valence-electron chi connectivity index (χ2n) is 9.04. The Balaban J connectivity index is 1.54. The van der Waals surface area contributed by atoms with Crippen LogP contribution in [0.1, 0.15) is 30.5 Å². The van der Waals surface area contributed by atoms with E-state index in [2.05, 4.69) is 78.2 Å². The first-order valence-corrected chi connectivity index (χ1v) is 11.5. The van der Waals surface area contributed by atoms with Gasteiger partial charge in [0.1, 0.15) is 0 Å². The number of fused-ring (bicyclic) bond motifs is 1. The number of aryl methyl sites for hydroxylation is 1. The number of hydrogen-bond donors (Lipinski definition) is 1. The highest BCUT2D eigenvalue weighted by Gasteiger charge is 2.34. The molecule has 1 aliphatic carbocycles. The van der Waals surface area contributed by atoms with Crippen LogP contribution in [0.5, 0.6) is 0 Å². The Morgan fingerprint density at radius 2 is 1.30 bits per heavy atom. The Morgan fingerprint density at radius 3 is 1.91 bits per heavy atom. The van der Waals surface area contributed by atoms with Gasteiger partial charge < -0.3 is 5.73 Å². The van der Waals surface area contributed by atoms with Gasteiger partial charge in [-0.1, -0.05) is 84.9 Å². The van der Waals surface area contributed by atoms with Crippen molar-refractivity contribution in [2.75, 3.05) is 0 Å². The largest absolute Gasteiger partial charge is 0.321 e. The maximum absolute atomic E-state index is 6.55. The Hall–Kier alpha value is -3.76. The zero-order valence-electron chi connectivity index (χ0n) is 18.7. The zero-order chi connectivity index (χ0) is 22.4. The van der Waals surface area contributed by atoms with Crippen molar-refractivity contribution in [1.29, 1.82) is 0 Å². The standard InChI is InChI=1S/C29H26N4/c1-20-26(22-11-6-3-7-12-22)31-28-32-27(25(19-33(20)28)21-9-4-2-5-10-21)23-13-15-24(16-14-23)29(30)17-8-18-29/h2-7,9-16,19H,8,17-18,30H2,1H3. The molecule has 33 heavy (non-hydrogen) atoms. The Morgan fingerprint density at radius 1 is 0.727 bits per heavy atom. The topological polar surface area (TPSA) is 56.2 Å². The van der Waals surface area contributed by atoms with Crippen LogP contribution in [0.2, 0.25) is 0 Å². The van der Waals surface area contributed by atoms with Crippen LogP contribution < -0.4 is 5.73 Å². The van der Waals surface area contributed by atoms with E-state index >= 15 is 0 Å². The van der Waals surface area contributed by atoms with E-state index in [4.69, 9.17) is 15.7 Å². The molecule has 1 fully saturated rings. The average Bonchev–Trinajstić information content (AvgIpc) is 3.18. The Labute approximate surface area is 193 Å². The number of aromatic nitrogens is 3. The number of imidazole rings is 1. The fourth-order valence-corrected chi connectivity index (χ4v) is 4.81. The first-order valence-electron chi connectivity index (χ1n) is 11.5. The molecule has 0 saturated heterocycles. The lowest BCUT2D eigenvalue weighted by Crippen LogP contribution is -2.43. The molecule has 2 N–H and O–H groups in total. The molecular weight excluding hydrogens is 404 g/mol. The van der Waals surface area contributed by atoms with Crippen LogP contribution in [0.25, 0.3) is 39.4 Å². The molecule has 5 aromatic rings. The van der Waals surface area contributed by atoms with Gasteiger partial charge in [-0.25, -0.2) is 9.97 Å². The van der Waals surface area contributed by atoms with Crippen molar-refractivity contribution >= 4 is 5.78 Å². The van der Waals surface area contributed by atoms with Gasteiger partial charge in [-0.05, 0) is 37.3 Å². The third-order valence-corrected chi connectivity index (χ3v) is 6.97. The van der Waals surface area contributed by atoms with E-state index < -0.39 is 0 Å². The molecule has 0 atom stereocenters. The lowest BCUT2D eigenvalue weighted by Gasteiger charge is -2.38. The monoisotopic (exact) mass is 430 g/mol. The maximum atomic E-state index is 6.55. The van der Waals surface area contributed by atoms with E-state index in [0.717, 1.165) is 52.2 Å². The third-order valence-electron chi connectivity index (χ3n) is 6.97.